The van der Waals surface area contributed by atoms with Crippen LogP contribution in [-0.2, 0) is 45.6 Å². The average molecular weight is 912 g/mol. The van der Waals surface area contributed by atoms with Crippen molar-refractivity contribution in [3.63, 3.8) is 0 Å². The Hall–Kier alpha value is -5.56. The molecule has 2 N–H and O–H groups in total. The second kappa shape index (κ2) is 18.0. The van der Waals surface area contributed by atoms with E-state index >= 15 is 0 Å². The molecule has 5 aromatic rings. The van der Waals surface area contributed by atoms with Gasteiger partial charge < -0.3 is 24.6 Å². The highest BCUT2D eigenvalue weighted by molar-refractivity contribution is 8.22. The number of nitrogens with one attached hydrogen (secondary N) is 1. The van der Waals surface area contributed by atoms with E-state index in [1.807, 2.05) is 54.6 Å². The molecule has 16 heteroatoms. The lowest BCUT2D eigenvalue weighted by molar-refractivity contribution is -0.142. The Morgan fingerprint density at radius 1 is 0.952 bits per heavy atom. The van der Waals surface area contributed by atoms with Crippen LogP contribution in [0.1, 0.15) is 53.3 Å². The molecule has 0 spiro atoms. The summed E-state index contributed by atoms with van der Waals surface area (Å²) in [5.41, 5.74) is 5.99. The van der Waals surface area contributed by atoms with Crippen molar-refractivity contribution >= 4 is 61.9 Å². The molecule has 3 heterocycles. The maximum absolute atomic E-state index is 14.5. The van der Waals surface area contributed by atoms with Crippen LogP contribution in [0, 0.1) is 11.3 Å². The van der Waals surface area contributed by atoms with Gasteiger partial charge in [-0.1, -0.05) is 89.6 Å². The Kier molecular flexibility index (Phi) is 12.5. The monoisotopic (exact) mass is 910 g/mol. The van der Waals surface area contributed by atoms with Crippen LogP contribution in [0.25, 0.3) is 11.1 Å². The molecule has 0 fully saturated rings. The van der Waals surface area contributed by atoms with E-state index in [1.165, 1.54) is 4.31 Å². The van der Waals surface area contributed by atoms with E-state index < -0.39 is 50.7 Å². The largest absolute Gasteiger partial charge is 0.489 e. The number of aliphatic carboxylic acids is 1. The Balaban J connectivity index is 0.996. The molecule has 3 unspecified atom stereocenters. The molecule has 0 saturated heterocycles. The van der Waals surface area contributed by atoms with E-state index in [9.17, 15) is 23.1 Å². The number of fused-ring (bicyclic) bond motifs is 2. The number of benzene rings is 5. The standard InChI is InChI=1S/C46H40Cl2N4O8S2/c1-26-46(61-27(2)50-26)62(56,57)52-23-35-21-42-41(59-25-43(60-42)33-12-14-36(15-13-33)58-24-30-7-16-37(47)38(48)17-30)20-34(35)19-40(52)44(53)51-39(45(54)55)18-28-3-8-31(9-4-28)32-10-5-29(22-49)6-11-32/h3-17,20-21,26,39-40,43,46H,18-19,23-25H2,1-2H3,(H,51,53)(H,54,55)/t26?,39-,40-,43?,46?/m0/s1. The molecule has 3 aliphatic rings. The summed E-state index contributed by atoms with van der Waals surface area (Å²) in [5, 5.41) is 23.6. The first-order valence-corrected chi connectivity index (χ1v) is 22.9. The number of carbonyl (C=O) groups excluding carboxylic acids is 1. The lowest BCUT2D eigenvalue weighted by Gasteiger charge is -2.38. The zero-order chi connectivity index (χ0) is 43.7. The first-order valence-electron chi connectivity index (χ1n) is 19.7. The first kappa shape index (κ1) is 43.1. The van der Waals surface area contributed by atoms with Gasteiger partial charge in [-0.25, -0.2) is 13.2 Å². The number of hydrogen-bond donors (Lipinski definition) is 2. The van der Waals surface area contributed by atoms with E-state index in [4.69, 9.17) is 42.7 Å². The molecule has 12 nitrogen and oxygen atoms in total. The molecule has 8 rings (SSSR count). The minimum atomic E-state index is -4.18. The number of rotatable bonds is 12. The van der Waals surface area contributed by atoms with Crippen molar-refractivity contribution in [3.05, 3.63) is 147 Å². The highest BCUT2D eigenvalue weighted by atomic mass is 35.5. The van der Waals surface area contributed by atoms with Gasteiger partial charge in [0.05, 0.1) is 32.8 Å². The van der Waals surface area contributed by atoms with Crippen LogP contribution in [0.3, 0.4) is 0 Å². The van der Waals surface area contributed by atoms with E-state index in [-0.39, 0.29) is 26.0 Å². The minimum absolute atomic E-state index is 0.0264. The van der Waals surface area contributed by atoms with Gasteiger partial charge in [-0.15, -0.1) is 0 Å². The summed E-state index contributed by atoms with van der Waals surface area (Å²) in [5.74, 6) is -0.462. The van der Waals surface area contributed by atoms with Gasteiger partial charge >= 0.3 is 5.97 Å². The van der Waals surface area contributed by atoms with Crippen LogP contribution in [0.2, 0.25) is 10.0 Å². The van der Waals surface area contributed by atoms with Crippen LogP contribution < -0.4 is 19.5 Å². The number of carboxylic acid groups (broad SMARTS) is 1. The van der Waals surface area contributed by atoms with Crippen molar-refractivity contribution in [2.45, 2.75) is 68.7 Å². The van der Waals surface area contributed by atoms with Crippen LogP contribution >= 0.6 is 35.0 Å². The van der Waals surface area contributed by atoms with Crippen LogP contribution in [0.15, 0.2) is 108 Å². The normalized spacial score (nSPS) is 20.0. The van der Waals surface area contributed by atoms with Gasteiger partial charge in [0.1, 0.15) is 35.6 Å². The summed E-state index contributed by atoms with van der Waals surface area (Å²) in [6.45, 7) is 3.82. The third-order valence-electron chi connectivity index (χ3n) is 11.0. The second-order valence-corrected chi connectivity index (χ2v) is 19.7. The van der Waals surface area contributed by atoms with Crippen molar-refractivity contribution in [2.75, 3.05) is 6.61 Å². The molecule has 5 aromatic carbocycles. The molecule has 0 aromatic heterocycles. The molecule has 0 aliphatic carbocycles. The number of carbonyl (C=O) groups is 2. The predicted molar refractivity (Wildman–Crippen MR) is 238 cm³/mol. The molecule has 3 aliphatic heterocycles. The van der Waals surface area contributed by atoms with Crippen molar-refractivity contribution in [1.82, 2.24) is 9.62 Å². The molecule has 0 saturated carbocycles. The highest BCUT2D eigenvalue weighted by Gasteiger charge is 2.47. The Morgan fingerprint density at radius 2 is 1.63 bits per heavy atom. The van der Waals surface area contributed by atoms with Crippen LogP contribution in [0.5, 0.6) is 17.2 Å². The molecule has 5 atom stereocenters. The van der Waals surface area contributed by atoms with E-state index in [0.29, 0.717) is 61.2 Å². The number of hydrogen-bond acceptors (Lipinski definition) is 10. The fourth-order valence-corrected chi connectivity index (χ4v) is 11.8. The molecule has 1 amide bonds. The average Bonchev–Trinajstić information content (AvgIpc) is 3.63. The summed E-state index contributed by atoms with van der Waals surface area (Å²) in [6.07, 6.45) is -0.536. The number of nitrogens with zero attached hydrogens (tertiary/aromatic N) is 3. The van der Waals surface area contributed by atoms with E-state index in [2.05, 4.69) is 16.4 Å². The molecule has 0 radical (unpaired) electrons. The van der Waals surface area contributed by atoms with Crippen LogP contribution in [-0.4, -0.2) is 64.1 Å². The summed E-state index contributed by atoms with van der Waals surface area (Å²) in [6, 6.07) is 29.6. The summed E-state index contributed by atoms with van der Waals surface area (Å²) < 4.78 is 47.8. The number of sulfonamides is 1. The molecule has 0 bridgehead atoms. The fraction of sp³-hybridized carbons (Fsp3) is 0.261. The van der Waals surface area contributed by atoms with Gasteiger partial charge in [-0.05, 0) is 108 Å². The van der Waals surface area contributed by atoms with E-state index in [0.717, 1.165) is 34.0 Å². The zero-order valence-electron chi connectivity index (χ0n) is 33.5. The topological polar surface area (TPSA) is 168 Å². The van der Waals surface area contributed by atoms with Crippen molar-refractivity contribution in [1.29, 1.82) is 5.26 Å². The number of amides is 1. The lowest BCUT2D eigenvalue weighted by atomic mass is 9.93. The van der Waals surface area contributed by atoms with Gasteiger partial charge in [0.15, 0.2) is 17.6 Å². The van der Waals surface area contributed by atoms with Crippen LogP contribution in [0.4, 0.5) is 0 Å². The number of thioether (sulfide) groups is 1. The van der Waals surface area contributed by atoms with Gasteiger partial charge in [0.25, 0.3) is 0 Å². The number of ether oxygens (including phenoxy) is 3. The van der Waals surface area contributed by atoms with E-state index in [1.54, 1.807) is 62.4 Å². The first-order chi connectivity index (χ1) is 29.7. The van der Waals surface area contributed by atoms with Crippen molar-refractivity contribution < 1.29 is 37.3 Å². The fourth-order valence-electron chi connectivity index (χ4n) is 7.72. The summed E-state index contributed by atoms with van der Waals surface area (Å²) >= 11 is 13.3. The Labute approximate surface area is 373 Å². The second-order valence-electron chi connectivity index (χ2n) is 15.3. The number of carboxylic acids is 1. The zero-order valence-corrected chi connectivity index (χ0v) is 36.6. The molecular weight excluding hydrogens is 872 g/mol. The minimum Gasteiger partial charge on any atom is -0.489 e. The highest BCUT2D eigenvalue weighted by Crippen LogP contribution is 2.43. The SMILES string of the molecule is CC1=NC(C)C(S(=O)(=O)N2Cc3cc4c(cc3C[C@H]2C(=O)N[C@@H](Cc2ccc(-c3ccc(C#N)cc3)cc2)C(=O)O)OCC(c2ccc(OCc3ccc(Cl)c(Cl)c3)cc2)O4)S1. The predicted octanol–water partition coefficient (Wildman–Crippen LogP) is 8.37. The smallest absolute Gasteiger partial charge is 0.326 e. The summed E-state index contributed by atoms with van der Waals surface area (Å²) in [7, 11) is -4.18. The summed E-state index contributed by atoms with van der Waals surface area (Å²) in [4.78, 5) is 31.3. The Bertz CT molecular complexity index is 2710. The van der Waals surface area contributed by atoms with Gasteiger partial charge in [-0.2, -0.15) is 9.57 Å². The number of halogens is 2. The quantitative estimate of drug-likeness (QED) is 0.124. The maximum Gasteiger partial charge on any atom is 0.326 e. The van der Waals surface area contributed by atoms with Crippen molar-refractivity contribution in [2.24, 2.45) is 4.99 Å². The molecule has 62 heavy (non-hydrogen) atoms. The lowest BCUT2D eigenvalue weighted by Crippen LogP contribution is -2.57. The Morgan fingerprint density at radius 3 is 2.27 bits per heavy atom. The van der Waals surface area contributed by atoms with Gasteiger partial charge in [0.2, 0.25) is 15.9 Å². The van der Waals surface area contributed by atoms with Gasteiger partial charge in [-0.3, -0.25) is 9.79 Å². The maximum atomic E-state index is 14.5. The number of aliphatic imine (C=N–C) groups is 1. The third kappa shape index (κ3) is 9.28. The third-order valence-corrected chi connectivity index (χ3v) is 15.8. The molecule has 318 valence electrons. The van der Waals surface area contributed by atoms with Crippen molar-refractivity contribution in [3.8, 4) is 34.4 Å². The number of nitriles is 1. The van der Waals surface area contributed by atoms with Gasteiger partial charge in [0, 0.05) is 13.0 Å². The molecular formula is C46H40Cl2N4O8S2.